The van der Waals surface area contributed by atoms with Gasteiger partial charge in [-0.05, 0) is 55.3 Å². The van der Waals surface area contributed by atoms with Gasteiger partial charge in [-0.25, -0.2) is 4.68 Å². The summed E-state index contributed by atoms with van der Waals surface area (Å²) in [6, 6.07) is 16.6. The lowest BCUT2D eigenvalue weighted by Crippen LogP contribution is -2.12. The Labute approximate surface area is 174 Å². The van der Waals surface area contributed by atoms with Gasteiger partial charge in [-0.15, -0.1) is 0 Å². The number of carbonyl (C=O) groups is 1. The number of hydrogen-bond acceptors (Lipinski definition) is 3. The average Bonchev–Trinajstić information content (AvgIpc) is 3.06. The molecular weight excluding hydrogens is 393 g/mol. The summed E-state index contributed by atoms with van der Waals surface area (Å²) in [5, 5.41) is 14.5. The van der Waals surface area contributed by atoms with Crippen LogP contribution in [0.15, 0.2) is 48.5 Å². The van der Waals surface area contributed by atoms with Gasteiger partial charge >= 0.3 is 0 Å². The standard InChI is InChI=1S/C22H19Cl2N3O/c1-14-10-20(27(26-14)19-5-3-4-18(23)12-19)8-9-22(28)15(2)16-6-7-17(13-25)21(24)11-16/h3-7,10-12,15H,8-9H2,1-2H3. The highest BCUT2D eigenvalue weighted by molar-refractivity contribution is 6.31. The number of rotatable bonds is 6. The van der Waals surface area contributed by atoms with E-state index in [0.717, 1.165) is 22.6 Å². The molecule has 142 valence electrons. The molecule has 0 bridgehead atoms. The zero-order valence-electron chi connectivity index (χ0n) is 15.6. The minimum atomic E-state index is -0.297. The number of aryl methyl sites for hydroxylation is 2. The number of nitrogens with zero attached hydrogens (tertiary/aromatic N) is 3. The number of hydrogen-bond donors (Lipinski definition) is 0. The summed E-state index contributed by atoms with van der Waals surface area (Å²) in [6.45, 7) is 3.79. The van der Waals surface area contributed by atoms with Crippen LogP contribution in [0.25, 0.3) is 5.69 Å². The summed E-state index contributed by atoms with van der Waals surface area (Å²) >= 11 is 12.2. The highest BCUT2D eigenvalue weighted by atomic mass is 35.5. The quantitative estimate of drug-likeness (QED) is 0.525. The van der Waals surface area contributed by atoms with Gasteiger partial charge in [0.25, 0.3) is 0 Å². The maximum absolute atomic E-state index is 12.7. The van der Waals surface area contributed by atoms with Crippen molar-refractivity contribution in [1.82, 2.24) is 9.78 Å². The molecule has 0 fully saturated rings. The van der Waals surface area contributed by atoms with E-state index in [-0.39, 0.29) is 11.7 Å². The van der Waals surface area contributed by atoms with Gasteiger partial charge < -0.3 is 0 Å². The lowest BCUT2D eigenvalue weighted by atomic mass is 9.93. The first kappa shape index (κ1) is 20.1. The van der Waals surface area contributed by atoms with Crippen LogP contribution < -0.4 is 0 Å². The molecule has 28 heavy (non-hydrogen) atoms. The molecule has 2 aromatic carbocycles. The minimum Gasteiger partial charge on any atom is -0.299 e. The molecule has 1 aromatic heterocycles. The first-order valence-corrected chi connectivity index (χ1v) is 9.68. The second kappa shape index (κ2) is 8.60. The fourth-order valence-corrected chi connectivity index (χ4v) is 3.52. The van der Waals surface area contributed by atoms with Crippen molar-refractivity contribution in [2.24, 2.45) is 0 Å². The van der Waals surface area contributed by atoms with Crippen molar-refractivity contribution < 1.29 is 4.79 Å². The van der Waals surface area contributed by atoms with Gasteiger partial charge in [-0.1, -0.05) is 42.3 Å². The molecule has 0 amide bonds. The summed E-state index contributed by atoms with van der Waals surface area (Å²) in [5.41, 5.74) is 3.93. The van der Waals surface area contributed by atoms with Crippen molar-refractivity contribution in [3.63, 3.8) is 0 Å². The number of carbonyl (C=O) groups excluding carboxylic acids is 1. The van der Waals surface area contributed by atoms with Crippen LogP contribution in [0, 0.1) is 18.3 Å². The summed E-state index contributed by atoms with van der Waals surface area (Å²) in [6.07, 6.45) is 0.949. The third-order valence-corrected chi connectivity index (χ3v) is 5.23. The lowest BCUT2D eigenvalue weighted by molar-refractivity contribution is -0.120. The predicted octanol–water partition coefficient (Wildman–Crippen LogP) is 5.66. The van der Waals surface area contributed by atoms with E-state index in [1.807, 2.05) is 54.9 Å². The molecular formula is C22H19Cl2N3O. The fraction of sp³-hybridized carbons (Fsp3) is 0.227. The molecule has 0 spiro atoms. The van der Waals surface area contributed by atoms with Gasteiger partial charge in [0.15, 0.2) is 0 Å². The van der Waals surface area contributed by atoms with Gasteiger partial charge in [0, 0.05) is 23.1 Å². The number of Topliss-reactive ketones (excluding diaryl/α,β-unsaturated/α-hetero) is 1. The largest absolute Gasteiger partial charge is 0.299 e. The van der Waals surface area contributed by atoms with E-state index in [1.54, 1.807) is 18.2 Å². The van der Waals surface area contributed by atoms with Crippen LogP contribution in [0.4, 0.5) is 0 Å². The molecule has 4 nitrogen and oxygen atoms in total. The Balaban J connectivity index is 1.75. The van der Waals surface area contributed by atoms with Crippen LogP contribution in [0.1, 0.15) is 41.8 Å². The molecule has 0 aliphatic carbocycles. The van der Waals surface area contributed by atoms with Gasteiger partial charge in [-0.3, -0.25) is 4.79 Å². The third-order valence-electron chi connectivity index (χ3n) is 4.68. The maximum Gasteiger partial charge on any atom is 0.140 e. The predicted molar refractivity (Wildman–Crippen MR) is 111 cm³/mol. The van der Waals surface area contributed by atoms with Crippen LogP contribution in [-0.2, 0) is 11.2 Å². The normalized spacial score (nSPS) is 11.8. The molecule has 0 saturated heterocycles. The Morgan fingerprint density at radius 3 is 2.68 bits per heavy atom. The molecule has 0 saturated carbocycles. The van der Waals surface area contributed by atoms with Crippen LogP contribution in [0.5, 0.6) is 0 Å². The highest BCUT2D eigenvalue weighted by Gasteiger charge is 2.18. The van der Waals surface area contributed by atoms with Gasteiger partial charge in [0.2, 0.25) is 0 Å². The minimum absolute atomic E-state index is 0.109. The Kier molecular flexibility index (Phi) is 6.18. The van der Waals surface area contributed by atoms with Crippen molar-refractivity contribution in [2.75, 3.05) is 0 Å². The average molecular weight is 412 g/mol. The summed E-state index contributed by atoms with van der Waals surface area (Å²) in [5.74, 6) is -0.189. The number of benzene rings is 2. The second-order valence-electron chi connectivity index (χ2n) is 6.71. The Bertz CT molecular complexity index is 1070. The smallest absolute Gasteiger partial charge is 0.140 e. The topological polar surface area (TPSA) is 58.7 Å². The van der Waals surface area contributed by atoms with Crippen LogP contribution in [-0.4, -0.2) is 15.6 Å². The third kappa shape index (κ3) is 4.44. The zero-order chi connectivity index (χ0) is 20.3. The van der Waals surface area contributed by atoms with Crippen molar-refractivity contribution in [1.29, 1.82) is 5.26 Å². The van der Waals surface area contributed by atoms with E-state index in [9.17, 15) is 4.79 Å². The molecule has 1 heterocycles. The molecule has 0 radical (unpaired) electrons. The van der Waals surface area contributed by atoms with Crippen molar-refractivity contribution >= 4 is 29.0 Å². The van der Waals surface area contributed by atoms with Crippen molar-refractivity contribution in [2.45, 2.75) is 32.6 Å². The van der Waals surface area contributed by atoms with E-state index < -0.39 is 0 Å². The van der Waals surface area contributed by atoms with Crippen LogP contribution >= 0.6 is 23.2 Å². The SMILES string of the molecule is Cc1cc(CCC(=O)C(C)c2ccc(C#N)c(Cl)c2)n(-c2cccc(Cl)c2)n1. The summed E-state index contributed by atoms with van der Waals surface area (Å²) < 4.78 is 1.83. The summed E-state index contributed by atoms with van der Waals surface area (Å²) in [4.78, 5) is 12.7. The highest BCUT2D eigenvalue weighted by Crippen LogP contribution is 2.25. The monoisotopic (exact) mass is 411 g/mol. The van der Waals surface area contributed by atoms with Crippen LogP contribution in [0.3, 0.4) is 0 Å². The maximum atomic E-state index is 12.7. The molecule has 6 heteroatoms. The van der Waals surface area contributed by atoms with Gasteiger partial charge in [0.1, 0.15) is 11.9 Å². The second-order valence-corrected chi connectivity index (χ2v) is 7.55. The van der Waals surface area contributed by atoms with Gasteiger partial charge in [-0.2, -0.15) is 10.4 Å². The van der Waals surface area contributed by atoms with E-state index in [2.05, 4.69) is 5.10 Å². The first-order chi connectivity index (χ1) is 13.4. The first-order valence-electron chi connectivity index (χ1n) is 8.93. The van der Waals surface area contributed by atoms with Crippen molar-refractivity contribution in [3.05, 3.63) is 81.1 Å². The molecule has 3 rings (SSSR count). The number of aromatic nitrogens is 2. The molecule has 1 unspecified atom stereocenters. The number of nitriles is 1. The molecule has 0 aliphatic rings. The van der Waals surface area contributed by atoms with E-state index >= 15 is 0 Å². The number of halogens is 2. The lowest BCUT2D eigenvalue weighted by Gasteiger charge is -2.12. The van der Waals surface area contributed by atoms with Crippen molar-refractivity contribution in [3.8, 4) is 11.8 Å². The fourth-order valence-electron chi connectivity index (χ4n) is 3.11. The van der Waals surface area contributed by atoms with Crippen LogP contribution in [0.2, 0.25) is 10.0 Å². The Morgan fingerprint density at radius 2 is 2.00 bits per heavy atom. The van der Waals surface area contributed by atoms with E-state index in [0.29, 0.717) is 28.5 Å². The number of ketones is 1. The molecule has 0 aliphatic heterocycles. The summed E-state index contributed by atoms with van der Waals surface area (Å²) in [7, 11) is 0. The van der Waals surface area contributed by atoms with E-state index in [4.69, 9.17) is 28.5 Å². The molecule has 3 aromatic rings. The Morgan fingerprint density at radius 1 is 1.21 bits per heavy atom. The van der Waals surface area contributed by atoms with Gasteiger partial charge in [0.05, 0.1) is 22.0 Å². The van der Waals surface area contributed by atoms with E-state index in [1.165, 1.54) is 0 Å². The Hall–Kier alpha value is -2.61. The zero-order valence-corrected chi connectivity index (χ0v) is 17.1. The molecule has 0 N–H and O–H groups in total. The molecule has 1 atom stereocenters.